The van der Waals surface area contributed by atoms with E-state index in [2.05, 4.69) is 6.07 Å². The molecular formula is C10H11NS. The fourth-order valence-corrected chi connectivity index (χ4v) is 1.38. The van der Waals surface area contributed by atoms with Gasteiger partial charge >= 0.3 is 0 Å². The van der Waals surface area contributed by atoms with Crippen molar-refractivity contribution in [3.63, 3.8) is 0 Å². The zero-order chi connectivity index (χ0) is 8.97. The summed E-state index contributed by atoms with van der Waals surface area (Å²) in [5, 5.41) is 8.66. The summed E-state index contributed by atoms with van der Waals surface area (Å²) in [6.45, 7) is 1.91. The molecule has 0 bridgehead atoms. The molecule has 1 aromatic carbocycles. The van der Waals surface area contributed by atoms with Gasteiger partial charge in [-0.25, -0.2) is 0 Å². The summed E-state index contributed by atoms with van der Waals surface area (Å²) in [4.78, 5) is 1.24. The summed E-state index contributed by atoms with van der Waals surface area (Å²) < 4.78 is 0. The predicted octanol–water partition coefficient (Wildman–Crippen LogP) is 3.04. The summed E-state index contributed by atoms with van der Waals surface area (Å²) in [5.41, 5.74) is 1.09. The third kappa shape index (κ3) is 2.02. The predicted molar refractivity (Wildman–Crippen MR) is 52.3 cm³/mol. The molecule has 0 aromatic heterocycles. The van der Waals surface area contributed by atoms with Crippen molar-refractivity contribution in [3.8, 4) is 6.07 Å². The van der Waals surface area contributed by atoms with Gasteiger partial charge in [-0.1, -0.05) is 12.1 Å². The first kappa shape index (κ1) is 9.15. The van der Waals surface area contributed by atoms with Crippen LogP contribution in [0.15, 0.2) is 29.2 Å². The second-order valence-corrected chi connectivity index (χ2v) is 3.50. The van der Waals surface area contributed by atoms with Gasteiger partial charge in [0.25, 0.3) is 0 Å². The van der Waals surface area contributed by atoms with Gasteiger partial charge < -0.3 is 0 Å². The minimum absolute atomic E-state index is 0.000839. The molecule has 12 heavy (non-hydrogen) atoms. The van der Waals surface area contributed by atoms with E-state index in [0.717, 1.165) is 5.56 Å². The number of nitrogens with zero attached hydrogens (tertiary/aromatic N) is 1. The fraction of sp³-hybridized carbons (Fsp3) is 0.300. The SMILES string of the molecule is CSc1ccc([C@@H](C)C#N)cc1. The van der Waals surface area contributed by atoms with Crippen LogP contribution in [0.4, 0.5) is 0 Å². The van der Waals surface area contributed by atoms with E-state index in [1.54, 1.807) is 11.8 Å². The molecule has 0 unspecified atom stereocenters. The first-order chi connectivity index (χ1) is 5.77. The standard InChI is InChI=1S/C10H11NS/c1-8(7-11)9-3-5-10(12-2)6-4-9/h3-6,8H,1-2H3/t8-/m0/s1. The zero-order valence-electron chi connectivity index (χ0n) is 7.24. The second kappa shape index (κ2) is 4.18. The van der Waals surface area contributed by atoms with Crippen molar-refractivity contribution < 1.29 is 0 Å². The molecule has 0 fully saturated rings. The van der Waals surface area contributed by atoms with Crippen molar-refractivity contribution in [1.82, 2.24) is 0 Å². The highest BCUT2D eigenvalue weighted by molar-refractivity contribution is 7.98. The third-order valence-electron chi connectivity index (χ3n) is 1.81. The molecule has 0 spiro atoms. The molecule has 0 radical (unpaired) electrons. The van der Waals surface area contributed by atoms with Gasteiger partial charge in [-0.2, -0.15) is 5.26 Å². The number of hydrogen-bond acceptors (Lipinski definition) is 2. The summed E-state index contributed by atoms with van der Waals surface area (Å²) in [7, 11) is 0. The van der Waals surface area contributed by atoms with E-state index >= 15 is 0 Å². The number of benzene rings is 1. The third-order valence-corrected chi connectivity index (χ3v) is 2.55. The van der Waals surface area contributed by atoms with Crippen molar-refractivity contribution in [1.29, 1.82) is 5.26 Å². The van der Waals surface area contributed by atoms with E-state index in [4.69, 9.17) is 5.26 Å². The zero-order valence-corrected chi connectivity index (χ0v) is 8.06. The first-order valence-electron chi connectivity index (χ1n) is 3.81. The number of thioether (sulfide) groups is 1. The van der Waals surface area contributed by atoms with E-state index in [1.165, 1.54) is 4.90 Å². The molecule has 0 aliphatic rings. The molecule has 0 saturated carbocycles. The summed E-state index contributed by atoms with van der Waals surface area (Å²) in [6, 6.07) is 10.3. The van der Waals surface area contributed by atoms with Crippen molar-refractivity contribution >= 4 is 11.8 Å². The van der Waals surface area contributed by atoms with Gasteiger partial charge in [0, 0.05) is 4.90 Å². The number of hydrogen-bond donors (Lipinski definition) is 0. The Kier molecular flexibility index (Phi) is 3.19. The smallest absolute Gasteiger partial charge is 0.0700 e. The van der Waals surface area contributed by atoms with Crippen LogP contribution in [0.3, 0.4) is 0 Å². The molecule has 1 nitrogen and oxygen atoms in total. The molecule has 0 amide bonds. The fourth-order valence-electron chi connectivity index (χ4n) is 0.967. The van der Waals surface area contributed by atoms with Crippen LogP contribution in [0.1, 0.15) is 18.4 Å². The van der Waals surface area contributed by atoms with Gasteiger partial charge in [0.05, 0.1) is 12.0 Å². The average molecular weight is 177 g/mol. The Hall–Kier alpha value is -0.940. The van der Waals surface area contributed by atoms with Crippen LogP contribution >= 0.6 is 11.8 Å². The molecule has 0 N–H and O–H groups in total. The number of nitriles is 1. The van der Waals surface area contributed by atoms with Gasteiger partial charge in [-0.05, 0) is 30.9 Å². The average Bonchev–Trinajstić information content (AvgIpc) is 2.17. The maximum Gasteiger partial charge on any atom is 0.0700 e. The quantitative estimate of drug-likeness (QED) is 0.648. The van der Waals surface area contributed by atoms with E-state index < -0.39 is 0 Å². The maximum absolute atomic E-state index is 8.66. The van der Waals surface area contributed by atoms with Gasteiger partial charge in [0.2, 0.25) is 0 Å². The molecule has 0 heterocycles. The van der Waals surface area contributed by atoms with Crippen LogP contribution in [0.25, 0.3) is 0 Å². The van der Waals surface area contributed by atoms with E-state index in [9.17, 15) is 0 Å². The van der Waals surface area contributed by atoms with Gasteiger partial charge in [0.1, 0.15) is 0 Å². The first-order valence-corrected chi connectivity index (χ1v) is 5.04. The molecule has 0 saturated heterocycles. The lowest BCUT2D eigenvalue weighted by Crippen LogP contribution is -1.87. The van der Waals surface area contributed by atoms with Crippen molar-refractivity contribution in [2.75, 3.05) is 6.26 Å². The molecule has 0 aliphatic heterocycles. The van der Waals surface area contributed by atoms with Crippen molar-refractivity contribution in [2.24, 2.45) is 0 Å². The van der Waals surface area contributed by atoms with E-state index in [-0.39, 0.29) is 5.92 Å². The minimum atomic E-state index is 0.000839. The summed E-state index contributed by atoms with van der Waals surface area (Å²) in [6.07, 6.45) is 2.04. The molecular weight excluding hydrogens is 166 g/mol. The largest absolute Gasteiger partial charge is 0.198 e. The molecule has 2 heteroatoms. The van der Waals surface area contributed by atoms with Crippen molar-refractivity contribution in [2.45, 2.75) is 17.7 Å². The van der Waals surface area contributed by atoms with Crippen molar-refractivity contribution in [3.05, 3.63) is 29.8 Å². The minimum Gasteiger partial charge on any atom is -0.198 e. The molecule has 1 aromatic rings. The Morgan fingerprint density at radius 1 is 1.33 bits per heavy atom. The van der Waals surface area contributed by atoms with Gasteiger partial charge in [-0.3, -0.25) is 0 Å². The lowest BCUT2D eigenvalue weighted by Gasteiger charge is -2.02. The second-order valence-electron chi connectivity index (χ2n) is 2.62. The highest BCUT2D eigenvalue weighted by Crippen LogP contribution is 2.19. The Labute approximate surface area is 77.4 Å². The highest BCUT2D eigenvalue weighted by Gasteiger charge is 2.01. The molecule has 1 atom stereocenters. The Morgan fingerprint density at radius 2 is 1.92 bits per heavy atom. The van der Waals surface area contributed by atoms with Gasteiger partial charge in [0.15, 0.2) is 0 Å². The van der Waals surface area contributed by atoms with Crippen LogP contribution in [0.2, 0.25) is 0 Å². The monoisotopic (exact) mass is 177 g/mol. The lowest BCUT2D eigenvalue weighted by atomic mass is 10.0. The Morgan fingerprint density at radius 3 is 2.33 bits per heavy atom. The maximum atomic E-state index is 8.66. The van der Waals surface area contributed by atoms with Gasteiger partial charge in [-0.15, -0.1) is 11.8 Å². The topological polar surface area (TPSA) is 23.8 Å². The van der Waals surface area contributed by atoms with Crippen LogP contribution < -0.4 is 0 Å². The molecule has 62 valence electrons. The van der Waals surface area contributed by atoms with Crippen LogP contribution in [0, 0.1) is 11.3 Å². The lowest BCUT2D eigenvalue weighted by molar-refractivity contribution is 0.978. The molecule has 1 rings (SSSR count). The summed E-state index contributed by atoms with van der Waals surface area (Å²) in [5.74, 6) is 0.000839. The Bertz CT molecular complexity index is 284. The molecule has 0 aliphatic carbocycles. The number of rotatable bonds is 2. The van der Waals surface area contributed by atoms with E-state index in [1.807, 2.05) is 37.4 Å². The summed E-state index contributed by atoms with van der Waals surface area (Å²) >= 11 is 1.71. The Balaban J connectivity index is 2.86. The normalized spacial score (nSPS) is 12.1. The van der Waals surface area contributed by atoms with Crippen LogP contribution in [0.5, 0.6) is 0 Å². The van der Waals surface area contributed by atoms with Crippen LogP contribution in [-0.2, 0) is 0 Å². The van der Waals surface area contributed by atoms with Crippen LogP contribution in [-0.4, -0.2) is 6.26 Å². The van der Waals surface area contributed by atoms with E-state index in [0.29, 0.717) is 0 Å². The highest BCUT2D eigenvalue weighted by atomic mass is 32.2.